The van der Waals surface area contributed by atoms with E-state index in [0.717, 1.165) is 18.4 Å². The summed E-state index contributed by atoms with van der Waals surface area (Å²) >= 11 is 6.04. The number of rotatable bonds is 4. The van der Waals surface area contributed by atoms with Crippen molar-refractivity contribution in [2.45, 2.75) is 44.4 Å². The van der Waals surface area contributed by atoms with E-state index in [1.165, 1.54) is 12.8 Å². The van der Waals surface area contributed by atoms with E-state index >= 15 is 0 Å². The van der Waals surface area contributed by atoms with Crippen LogP contribution in [0.15, 0.2) is 18.5 Å². The molecule has 1 aromatic rings. The van der Waals surface area contributed by atoms with E-state index in [1.54, 1.807) is 12.4 Å². The van der Waals surface area contributed by atoms with Gasteiger partial charge in [0, 0.05) is 18.4 Å². The second-order valence-corrected chi connectivity index (χ2v) is 4.95. The van der Waals surface area contributed by atoms with Crippen LogP contribution in [0.25, 0.3) is 0 Å². The molecule has 1 aliphatic carbocycles. The zero-order valence-corrected chi connectivity index (χ0v) is 10.9. The topological polar surface area (TPSA) is 34.1 Å². The molecule has 1 aromatic heterocycles. The summed E-state index contributed by atoms with van der Waals surface area (Å²) in [5, 5.41) is 4.01. The summed E-state index contributed by atoms with van der Waals surface area (Å²) < 4.78 is 5.90. The first-order valence-electron chi connectivity index (χ1n) is 6.17. The summed E-state index contributed by atoms with van der Waals surface area (Å²) in [7, 11) is 2.03. The van der Waals surface area contributed by atoms with E-state index in [4.69, 9.17) is 16.3 Å². The van der Waals surface area contributed by atoms with Crippen LogP contribution in [0.2, 0.25) is 5.02 Å². The van der Waals surface area contributed by atoms with Gasteiger partial charge in [0.25, 0.3) is 0 Å². The lowest BCUT2D eigenvalue weighted by Gasteiger charge is -2.28. The number of hydrogen-bond acceptors (Lipinski definition) is 3. The van der Waals surface area contributed by atoms with Crippen molar-refractivity contribution in [3.63, 3.8) is 0 Å². The van der Waals surface area contributed by atoms with E-state index in [-0.39, 0.29) is 0 Å². The van der Waals surface area contributed by atoms with Gasteiger partial charge in [0.05, 0.1) is 17.7 Å². The minimum absolute atomic E-state index is 0.379. The van der Waals surface area contributed by atoms with Crippen LogP contribution in [0.5, 0.6) is 0 Å². The molecule has 0 spiro atoms. The molecule has 1 N–H and O–H groups in total. The van der Waals surface area contributed by atoms with Gasteiger partial charge in [-0.05, 0) is 44.4 Å². The van der Waals surface area contributed by atoms with Gasteiger partial charge in [0.1, 0.15) is 0 Å². The van der Waals surface area contributed by atoms with Crippen LogP contribution in [0.4, 0.5) is 0 Å². The summed E-state index contributed by atoms with van der Waals surface area (Å²) in [4.78, 5) is 3.96. The van der Waals surface area contributed by atoms with Gasteiger partial charge in [-0.15, -0.1) is 0 Å². The largest absolute Gasteiger partial charge is 0.373 e. The molecule has 4 heteroatoms. The van der Waals surface area contributed by atoms with Crippen molar-refractivity contribution in [3.8, 4) is 0 Å². The van der Waals surface area contributed by atoms with Crippen LogP contribution in [0, 0.1) is 0 Å². The Balaban J connectivity index is 1.78. The predicted molar refractivity (Wildman–Crippen MR) is 69.1 cm³/mol. The molecule has 3 nitrogen and oxygen atoms in total. The number of pyridine rings is 1. The minimum Gasteiger partial charge on any atom is -0.373 e. The summed E-state index contributed by atoms with van der Waals surface area (Å²) in [5.41, 5.74) is 1.03. The first-order valence-corrected chi connectivity index (χ1v) is 6.54. The zero-order chi connectivity index (χ0) is 12.1. The van der Waals surface area contributed by atoms with Crippen molar-refractivity contribution in [1.82, 2.24) is 10.3 Å². The molecular weight excluding hydrogens is 236 g/mol. The smallest absolute Gasteiger partial charge is 0.0736 e. The van der Waals surface area contributed by atoms with Gasteiger partial charge in [0.15, 0.2) is 0 Å². The Kier molecular flexibility index (Phi) is 4.77. The van der Waals surface area contributed by atoms with E-state index in [1.807, 2.05) is 13.1 Å². The maximum atomic E-state index is 6.04. The molecule has 1 aliphatic rings. The highest BCUT2D eigenvalue weighted by Crippen LogP contribution is 2.23. The van der Waals surface area contributed by atoms with Gasteiger partial charge >= 0.3 is 0 Å². The van der Waals surface area contributed by atoms with Crippen molar-refractivity contribution in [1.29, 1.82) is 0 Å². The number of ether oxygens (including phenoxy) is 1. The summed E-state index contributed by atoms with van der Waals surface area (Å²) in [5.74, 6) is 0. The van der Waals surface area contributed by atoms with E-state index in [9.17, 15) is 0 Å². The average Bonchev–Trinajstić information content (AvgIpc) is 2.38. The highest BCUT2D eigenvalue weighted by atomic mass is 35.5. The molecule has 17 heavy (non-hydrogen) atoms. The quantitative estimate of drug-likeness (QED) is 0.897. The van der Waals surface area contributed by atoms with Crippen LogP contribution in [0.3, 0.4) is 0 Å². The third-order valence-electron chi connectivity index (χ3n) is 3.41. The fourth-order valence-electron chi connectivity index (χ4n) is 2.25. The fraction of sp³-hybridized carbons (Fsp3) is 0.615. The van der Waals surface area contributed by atoms with E-state index in [0.29, 0.717) is 23.8 Å². The molecule has 2 rings (SSSR count). The van der Waals surface area contributed by atoms with Crippen LogP contribution in [-0.2, 0) is 11.3 Å². The molecule has 0 amide bonds. The van der Waals surface area contributed by atoms with Crippen LogP contribution < -0.4 is 5.32 Å². The minimum atomic E-state index is 0.379. The Hall–Kier alpha value is -0.640. The van der Waals surface area contributed by atoms with Gasteiger partial charge in [-0.1, -0.05) is 11.6 Å². The lowest BCUT2D eigenvalue weighted by molar-refractivity contribution is 0.0118. The predicted octanol–water partition coefficient (Wildman–Crippen LogP) is 2.78. The van der Waals surface area contributed by atoms with Crippen LogP contribution in [-0.4, -0.2) is 24.2 Å². The average molecular weight is 255 g/mol. The second-order valence-electron chi connectivity index (χ2n) is 4.54. The molecule has 1 fully saturated rings. The van der Waals surface area contributed by atoms with Crippen LogP contribution in [0.1, 0.15) is 31.2 Å². The second kappa shape index (κ2) is 6.34. The summed E-state index contributed by atoms with van der Waals surface area (Å²) in [6.45, 7) is 0.593. The fourth-order valence-corrected chi connectivity index (χ4v) is 2.42. The maximum absolute atomic E-state index is 6.04. The highest BCUT2D eigenvalue weighted by molar-refractivity contribution is 6.31. The van der Waals surface area contributed by atoms with Gasteiger partial charge in [-0.3, -0.25) is 4.98 Å². The summed E-state index contributed by atoms with van der Waals surface area (Å²) in [6.07, 6.45) is 8.46. The first-order chi connectivity index (χ1) is 8.29. The van der Waals surface area contributed by atoms with E-state index in [2.05, 4.69) is 10.3 Å². The Labute approximate surface area is 108 Å². The van der Waals surface area contributed by atoms with Crippen molar-refractivity contribution in [2.75, 3.05) is 7.05 Å². The number of hydrogen-bond donors (Lipinski definition) is 1. The van der Waals surface area contributed by atoms with Gasteiger partial charge in [0.2, 0.25) is 0 Å². The summed E-state index contributed by atoms with van der Waals surface area (Å²) in [6, 6.07) is 2.58. The van der Waals surface area contributed by atoms with Crippen molar-refractivity contribution in [3.05, 3.63) is 29.0 Å². The standard InChI is InChI=1S/C13H19ClN2O/c1-15-11-2-4-12(5-3-11)17-9-10-6-7-16-8-13(10)14/h6-8,11-12,15H,2-5,9H2,1H3. The zero-order valence-electron chi connectivity index (χ0n) is 10.2. The normalized spacial score (nSPS) is 24.8. The molecule has 0 radical (unpaired) electrons. The molecule has 0 saturated heterocycles. The van der Waals surface area contributed by atoms with Crippen LogP contribution >= 0.6 is 11.6 Å². The SMILES string of the molecule is CNC1CCC(OCc2ccncc2Cl)CC1. The number of aromatic nitrogens is 1. The molecule has 0 atom stereocenters. The van der Waals surface area contributed by atoms with Gasteiger partial charge < -0.3 is 10.1 Å². The lowest BCUT2D eigenvalue weighted by Crippen LogP contribution is -2.32. The molecule has 0 unspecified atom stereocenters. The molecule has 0 aromatic carbocycles. The Morgan fingerprint density at radius 3 is 2.82 bits per heavy atom. The van der Waals surface area contributed by atoms with Crippen molar-refractivity contribution < 1.29 is 4.74 Å². The molecule has 0 aliphatic heterocycles. The molecule has 1 heterocycles. The van der Waals surface area contributed by atoms with Crippen molar-refractivity contribution in [2.24, 2.45) is 0 Å². The molecule has 1 saturated carbocycles. The Morgan fingerprint density at radius 2 is 2.18 bits per heavy atom. The third-order valence-corrected chi connectivity index (χ3v) is 3.75. The lowest BCUT2D eigenvalue weighted by atomic mass is 9.93. The van der Waals surface area contributed by atoms with E-state index < -0.39 is 0 Å². The highest BCUT2D eigenvalue weighted by Gasteiger charge is 2.20. The molecule has 0 bridgehead atoms. The third kappa shape index (κ3) is 3.66. The molecule has 94 valence electrons. The number of nitrogens with zero attached hydrogens (tertiary/aromatic N) is 1. The number of nitrogens with one attached hydrogen (secondary N) is 1. The van der Waals surface area contributed by atoms with Gasteiger partial charge in [-0.2, -0.15) is 0 Å². The first kappa shape index (κ1) is 12.8. The monoisotopic (exact) mass is 254 g/mol. The number of halogens is 1. The Morgan fingerprint density at radius 1 is 1.41 bits per heavy atom. The molecular formula is C13H19ClN2O. The van der Waals surface area contributed by atoms with Gasteiger partial charge in [-0.25, -0.2) is 0 Å². The Bertz CT molecular complexity index is 351. The maximum Gasteiger partial charge on any atom is 0.0736 e. The van der Waals surface area contributed by atoms with Crippen molar-refractivity contribution >= 4 is 11.6 Å².